The highest BCUT2D eigenvalue weighted by molar-refractivity contribution is 5.77. The maximum atomic E-state index is 13.4. The number of rotatable bonds is 4. The van der Waals surface area contributed by atoms with Crippen molar-refractivity contribution in [2.75, 3.05) is 19.6 Å². The molecule has 0 bridgehead atoms. The number of alkyl halides is 3. The monoisotopic (exact) mass is 482 g/mol. The van der Waals surface area contributed by atoms with Crippen LogP contribution in [0.3, 0.4) is 0 Å². The zero-order valence-corrected chi connectivity index (χ0v) is 19.0. The Balaban J connectivity index is 1.23. The molecule has 2 N–H and O–H groups in total. The van der Waals surface area contributed by atoms with E-state index in [1.807, 2.05) is 23.1 Å². The van der Waals surface area contributed by atoms with Crippen molar-refractivity contribution in [2.24, 2.45) is 0 Å². The summed E-state index contributed by atoms with van der Waals surface area (Å²) in [6, 6.07) is 9.18. The van der Waals surface area contributed by atoms with E-state index in [1.54, 1.807) is 23.4 Å². The minimum absolute atomic E-state index is 0.167. The molecule has 35 heavy (non-hydrogen) atoms. The van der Waals surface area contributed by atoms with Gasteiger partial charge in [0.2, 0.25) is 0 Å². The van der Waals surface area contributed by atoms with Crippen LogP contribution in [0.1, 0.15) is 28.8 Å². The number of carbonyl (C=O) groups is 1. The number of nitrogens with one attached hydrogen (secondary N) is 2. The molecule has 2 aliphatic rings. The van der Waals surface area contributed by atoms with Crippen LogP contribution < -0.4 is 5.32 Å². The number of H-pyrrole nitrogens is 1. The molecule has 0 spiro atoms. The van der Waals surface area contributed by atoms with Gasteiger partial charge in [-0.05, 0) is 30.2 Å². The van der Waals surface area contributed by atoms with Gasteiger partial charge in [0.25, 0.3) is 0 Å². The molecular weight excluding hydrogens is 457 g/mol. The fourth-order valence-corrected chi connectivity index (χ4v) is 4.64. The standard InChI is InChI=1S/C25H25F3N6O/c26-25(27,28)21-6-2-1-4-18(21)14-33-12-3-5-19(15-33)30-24(35)34-13-9-22-20(16-34)23(32-31-22)17-7-10-29-11-8-17/h1-2,4-8,10-11H,3,9,12-16H2,(H,30,35)(H,31,32). The van der Waals surface area contributed by atoms with E-state index in [4.69, 9.17) is 0 Å². The first-order chi connectivity index (χ1) is 16.9. The lowest BCUT2D eigenvalue weighted by atomic mass is 10.0. The number of hydrogen-bond acceptors (Lipinski definition) is 4. The lowest BCUT2D eigenvalue weighted by Gasteiger charge is -2.31. The molecule has 2 aromatic heterocycles. The second-order valence-electron chi connectivity index (χ2n) is 8.75. The molecule has 10 heteroatoms. The van der Waals surface area contributed by atoms with Gasteiger partial charge in [0, 0.05) is 67.5 Å². The zero-order valence-electron chi connectivity index (χ0n) is 19.0. The Hall–Kier alpha value is -3.66. The number of aromatic nitrogens is 3. The van der Waals surface area contributed by atoms with Crippen molar-refractivity contribution in [1.29, 1.82) is 0 Å². The summed E-state index contributed by atoms with van der Waals surface area (Å²) < 4.78 is 40.1. The Kier molecular flexibility index (Phi) is 6.29. The van der Waals surface area contributed by atoms with Crippen LogP contribution in [0.4, 0.5) is 18.0 Å². The van der Waals surface area contributed by atoms with E-state index in [-0.39, 0.29) is 18.1 Å². The second-order valence-corrected chi connectivity index (χ2v) is 8.75. The van der Waals surface area contributed by atoms with Crippen molar-refractivity contribution in [3.05, 3.63) is 82.9 Å². The Morgan fingerprint density at radius 2 is 1.89 bits per heavy atom. The number of pyridine rings is 1. The van der Waals surface area contributed by atoms with Crippen LogP contribution in [-0.2, 0) is 25.7 Å². The Labute approximate surface area is 200 Å². The number of fused-ring (bicyclic) bond motifs is 1. The van der Waals surface area contributed by atoms with E-state index >= 15 is 0 Å². The van der Waals surface area contributed by atoms with Gasteiger partial charge >= 0.3 is 12.2 Å². The third-order valence-corrected chi connectivity index (χ3v) is 6.39. The first kappa shape index (κ1) is 23.1. The molecule has 7 nitrogen and oxygen atoms in total. The quantitative estimate of drug-likeness (QED) is 0.580. The summed E-state index contributed by atoms with van der Waals surface area (Å²) in [4.78, 5) is 20.8. The maximum absolute atomic E-state index is 13.4. The molecule has 0 unspecified atom stereocenters. The first-order valence-corrected chi connectivity index (χ1v) is 11.5. The summed E-state index contributed by atoms with van der Waals surface area (Å²) >= 11 is 0. The van der Waals surface area contributed by atoms with E-state index in [0.29, 0.717) is 44.7 Å². The lowest BCUT2D eigenvalue weighted by Crippen LogP contribution is -2.45. The minimum Gasteiger partial charge on any atom is -0.320 e. The number of aromatic amines is 1. The van der Waals surface area contributed by atoms with Crippen molar-refractivity contribution < 1.29 is 18.0 Å². The number of nitrogens with zero attached hydrogens (tertiary/aromatic N) is 4. The van der Waals surface area contributed by atoms with Crippen LogP contribution in [0.5, 0.6) is 0 Å². The van der Waals surface area contributed by atoms with Gasteiger partial charge in [0.1, 0.15) is 0 Å². The predicted octanol–water partition coefficient (Wildman–Crippen LogP) is 4.35. The zero-order chi connectivity index (χ0) is 24.4. The summed E-state index contributed by atoms with van der Waals surface area (Å²) in [5.74, 6) is 0. The topological polar surface area (TPSA) is 77.2 Å². The average Bonchev–Trinajstić information content (AvgIpc) is 3.28. The summed E-state index contributed by atoms with van der Waals surface area (Å²) in [6.07, 6.45) is 2.28. The molecular formula is C25H25F3N6O. The lowest BCUT2D eigenvalue weighted by molar-refractivity contribution is -0.138. The van der Waals surface area contributed by atoms with Crippen LogP contribution in [0.25, 0.3) is 11.3 Å². The summed E-state index contributed by atoms with van der Waals surface area (Å²) in [5, 5.41) is 10.5. The van der Waals surface area contributed by atoms with Crippen molar-refractivity contribution in [3.63, 3.8) is 0 Å². The molecule has 0 fully saturated rings. The SMILES string of the molecule is O=C(NC1=CCCN(Cc2ccccc2C(F)(F)F)C1)N1CCc2[nH]nc(-c3ccncc3)c2C1. The molecule has 0 saturated heterocycles. The third kappa shape index (κ3) is 5.07. The van der Waals surface area contributed by atoms with Gasteiger partial charge < -0.3 is 10.2 Å². The van der Waals surface area contributed by atoms with Crippen molar-refractivity contribution in [1.82, 2.24) is 30.3 Å². The van der Waals surface area contributed by atoms with Crippen LogP contribution >= 0.6 is 0 Å². The molecule has 1 aromatic carbocycles. The first-order valence-electron chi connectivity index (χ1n) is 11.5. The van der Waals surface area contributed by atoms with E-state index in [0.717, 1.165) is 28.6 Å². The van der Waals surface area contributed by atoms with E-state index in [2.05, 4.69) is 20.5 Å². The third-order valence-electron chi connectivity index (χ3n) is 6.39. The minimum atomic E-state index is -4.39. The van der Waals surface area contributed by atoms with Crippen LogP contribution in [0, 0.1) is 0 Å². The smallest absolute Gasteiger partial charge is 0.320 e. The Morgan fingerprint density at radius 1 is 1.09 bits per heavy atom. The fourth-order valence-electron chi connectivity index (χ4n) is 4.64. The van der Waals surface area contributed by atoms with Gasteiger partial charge in [-0.1, -0.05) is 24.3 Å². The molecule has 0 atom stereocenters. The van der Waals surface area contributed by atoms with Crippen molar-refractivity contribution in [3.8, 4) is 11.3 Å². The Morgan fingerprint density at radius 3 is 2.69 bits per heavy atom. The number of urea groups is 1. The molecule has 2 aliphatic heterocycles. The van der Waals surface area contributed by atoms with Gasteiger partial charge in [-0.25, -0.2) is 4.79 Å². The fraction of sp³-hybridized carbons (Fsp3) is 0.320. The van der Waals surface area contributed by atoms with Crippen molar-refractivity contribution in [2.45, 2.75) is 32.1 Å². The molecule has 0 radical (unpaired) electrons. The van der Waals surface area contributed by atoms with Crippen molar-refractivity contribution >= 4 is 6.03 Å². The maximum Gasteiger partial charge on any atom is 0.416 e. The van der Waals surface area contributed by atoms with Crippen LogP contribution in [0.15, 0.2) is 60.6 Å². The van der Waals surface area contributed by atoms with Gasteiger partial charge in [0.15, 0.2) is 0 Å². The molecule has 2 amide bonds. The molecule has 182 valence electrons. The number of amides is 2. The summed E-state index contributed by atoms with van der Waals surface area (Å²) in [6.45, 7) is 2.15. The number of benzene rings is 1. The normalized spacial score (nSPS) is 16.5. The van der Waals surface area contributed by atoms with Gasteiger partial charge in [-0.2, -0.15) is 18.3 Å². The predicted molar refractivity (Wildman–Crippen MR) is 124 cm³/mol. The van der Waals surface area contributed by atoms with Gasteiger partial charge in [-0.15, -0.1) is 0 Å². The Bertz CT molecular complexity index is 1240. The molecule has 0 aliphatic carbocycles. The average molecular weight is 483 g/mol. The molecule has 4 heterocycles. The molecule has 3 aromatic rings. The van der Waals surface area contributed by atoms with Gasteiger partial charge in [-0.3, -0.25) is 15.0 Å². The van der Waals surface area contributed by atoms with E-state index in [1.165, 1.54) is 12.1 Å². The number of halogens is 3. The molecule has 0 saturated carbocycles. The van der Waals surface area contributed by atoms with Crippen LogP contribution in [-0.4, -0.2) is 50.6 Å². The number of hydrogen-bond donors (Lipinski definition) is 2. The highest BCUT2D eigenvalue weighted by Gasteiger charge is 2.33. The van der Waals surface area contributed by atoms with Gasteiger partial charge in [0.05, 0.1) is 17.8 Å². The highest BCUT2D eigenvalue weighted by Crippen LogP contribution is 2.33. The van der Waals surface area contributed by atoms with E-state index in [9.17, 15) is 18.0 Å². The number of carbonyl (C=O) groups excluding carboxylic acids is 1. The summed E-state index contributed by atoms with van der Waals surface area (Å²) in [7, 11) is 0. The largest absolute Gasteiger partial charge is 0.416 e. The summed E-state index contributed by atoms with van der Waals surface area (Å²) in [5.41, 5.74) is 4.08. The highest BCUT2D eigenvalue weighted by atomic mass is 19.4. The molecule has 5 rings (SSSR count). The van der Waals surface area contributed by atoms with Crippen LogP contribution in [0.2, 0.25) is 0 Å². The van der Waals surface area contributed by atoms with E-state index < -0.39 is 11.7 Å². The second kappa shape index (κ2) is 9.53.